The Kier molecular flexibility index (Phi) is 7.83. The number of hydrogen-bond acceptors (Lipinski definition) is 6. The van der Waals surface area contributed by atoms with Crippen LogP contribution in [-0.4, -0.2) is 70.2 Å². The topological polar surface area (TPSA) is 59.1 Å². The van der Waals surface area contributed by atoms with E-state index in [-0.39, 0.29) is 58.6 Å². The third-order valence-corrected chi connectivity index (χ3v) is 8.31. The van der Waals surface area contributed by atoms with Crippen LogP contribution in [0.5, 0.6) is 0 Å². The molecule has 2 rings (SSSR count). The smallest absolute Gasteiger partial charge is 0.308 e. The van der Waals surface area contributed by atoms with Crippen LogP contribution in [0.3, 0.4) is 0 Å². The van der Waals surface area contributed by atoms with Crippen LogP contribution in [0.1, 0.15) is 101 Å². The Hall–Kier alpha value is -1.14. The molecule has 0 saturated carbocycles. The molecule has 0 N–H and O–H groups in total. The van der Waals surface area contributed by atoms with Gasteiger partial charge in [-0.05, 0) is 75.9 Å². The van der Waals surface area contributed by atoms with Gasteiger partial charge in [0.25, 0.3) is 0 Å². The third-order valence-electron chi connectivity index (χ3n) is 8.31. The van der Waals surface area contributed by atoms with Crippen molar-refractivity contribution in [3.8, 4) is 0 Å². The lowest BCUT2D eigenvalue weighted by atomic mass is 9.78. The highest BCUT2D eigenvalue weighted by Gasteiger charge is 2.45. The number of nitrogens with zero attached hydrogens (tertiary/aromatic N) is 2. The maximum Gasteiger partial charge on any atom is 0.308 e. The van der Waals surface area contributed by atoms with Crippen LogP contribution in [0.4, 0.5) is 0 Å². The second-order valence-electron chi connectivity index (χ2n) is 12.8. The predicted molar refractivity (Wildman–Crippen MR) is 128 cm³/mol. The van der Waals surface area contributed by atoms with Gasteiger partial charge in [0, 0.05) is 54.3 Å². The molecule has 32 heavy (non-hydrogen) atoms. The van der Waals surface area contributed by atoms with Crippen molar-refractivity contribution in [2.75, 3.05) is 14.1 Å². The summed E-state index contributed by atoms with van der Waals surface area (Å²) in [7, 11) is 4.27. The summed E-state index contributed by atoms with van der Waals surface area (Å²) >= 11 is 0. The molecule has 2 aliphatic heterocycles. The molecule has 0 amide bonds. The summed E-state index contributed by atoms with van der Waals surface area (Å²) in [6, 6.07) is 0. The zero-order valence-corrected chi connectivity index (χ0v) is 22.5. The molecule has 1 atom stereocenters. The average molecular weight is 453 g/mol. The molecule has 0 aliphatic carbocycles. The number of rotatable bonds is 6. The van der Waals surface area contributed by atoms with Gasteiger partial charge >= 0.3 is 11.9 Å². The SMILES string of the molecule is CC(CCC(=O)OC1CC(C)(C)N(C)C(C)(C)C1)C(=O)OC1CC(C)(C)N(C)C(C)(C)C1. The van der Waals surface area contributed by atoms with Crippen LogP contribution in [0.2, 0.25) is 0 Å². The van der Waals surface area contributed by atoms with E-state index in [0.29, 0.717) is 6.42 Å². The fraction of sp³-hybridized carbons (Fsp3) is 0.923. The number of likely N-dealkylation sites (tertiary alicyclic amines) is 2. The molecule has 2 aliphatic rings. The van der Waals surface area contributed by atoms with Crippen molar-refractivity contribution in [3.63, 3.8) is 0 Å². The molecule has 186 valence electrons. The molecule has 1 unspecified atom stereocenters. The number of carbonyl (C=O) groups excluding carboxylic acids is 2. The Labute approximate surface area is 196 Å². The lowest BCUT2D eigenvalue weighted by Crippen LogP contribution is -2.60. The third kappa shape index (κ3) is 6.25. The summed E-state index contributed by atoms with van der Waals surface area (Å²) in [4.78, 5) is 30.0. The maximum absolute atomic E-state index is 12.7. The minimum absolute atomic E-state index is 0.0284. The van der Waals surface area contributed by atoms with Crippen LogP contribution in [-0.2, 0) is 19.1 Å². The van der Waals surface area contributed by atoms with Crippen LogP contribution in [0, 0.1) is 5.92 Å². The summed E-state index contributed by atoms with van der Waals surface area (Å²) < 4.78 is 11.7. The van der Waals surface area contributed by atoms with Gasteiger partial charge in [-0.2, -0.15) is 0 Å². The Morgan fingerprint density at radius 1 is 0.750 bits per heavy atom. The molecule has 2 fully saturated rings. The zero-order valence-electron chi connectivity index (χ0n) is 22.5. The largest absolute Gasteiger partial charge is 0.462 e. The standard InChI is InChI=1S/C26H48N2O4/c1-18(22(30)32-20-16-25(6,7)28(11)26(8,9)17-20)12-13-21(29)31-19-14-23(2,3)27(10)24(4,5)15-19/h18-20H,12-17H2,1-11H3. The monoisotopic (exact) mass is 452 g/mol. The summed E-state index contributed by atoms with van der Waals surface area (Å²) in [5, 5.41) is 0. The van der Waals surface area contributed by atoms with Crippen LogP contribution < -0.4 is 0 Å². The highest BCUT2D eigenvalue weighted by atomic mass is 16.5. The van der Waals surface area contributed by atoms with Crippen molar-refractivity contribution >= 4 is 11.9 Å². The Morgan fingerprint density at radius 3 is 1.47 bits per heavy atom. The number of esters is 2. The Balaban J connectivity index is 1.84. The van der Waals surface area contributed by atoms with Gasteiger partial charge < -0.3 is 9.47 Å². The highest BCUT2D eigenvalue weighted by Crippen LogP contribution is 2.39. The maximum atomic E-state index is 12.7. The van der Waals surface area contributed by atoms with E-state index in [1.165, 1.54) is 0 Å². The minimum Gasteiger partial charge on any atom is -0.462 e. The van der Waals surface area contributed by atoms with Gasteiger partial charge in [0.1, 0.15) is 12.2 Å². The first kappa shape index (κ1) is 27.1. The number of ether oxygens (including phenoxy) is 2. The van der Waals surface area contributed by atoms with Gasteiger partial charge in [0.2, 0.25) is 0 Å². The molecule has 0 aromatic heterocycles. The van der Waals surface area contributed by atoms with Gasteiger partial charge in [-0.3, -0.25) is 19.4 Å². The molecule has 0 aromatic carbocycles. The van der Waals surface area contributed by atoms with Crippen molar-refractivity contribution < 1.29 is 19.1 Å². The van der Waals surface area contributed by atoms with Crippen LogP contribution in [0.25, 0.3) is 0 Å². The average Bonchev–Trinajstić information content (AvgIpc) is 2.61. The van der Waals surface area contributed by atoms with Crippen LogP contribution in [0.15, 0.2) is 0 Å². The van der Waals surface area contributed by atoms with Gasteiger partial charge in [0.15, 0.2) is 0 Å². The minimum atomic E-state index is -0.321. The number of piperidine rings is 2. The Bertz CT molecular complexity index is 662. The van der Waals surface area contributed by atoms with E-state index in [1.54, 1.807) is 0 Å². The molecule has 6 nitrogen and oxygen atoms in total. The van der Waals surface area contributed by atoms with Crippen molar-refractivity contribution in [2.45, 2.75) is 135 Å². The van der Waals surface area contributed by atoms with Crippen LogP contribution >= 0.6 is 0 Å². The lowest BCUT2D eigenvalue weighted by molar-refractivity contribution is -0.164. The first-order valence-electron chi connectivity index (χ1n) is 12.3. The molecule has 2 saturated heterocycles. The first-order valence-corrected chi connectivity index (χ1v) is 12.3. The summed E-state index contributed by atoms with van der Waals surface area (Å²) in [6.07, 6.45) is 3.78. The van der Waals surface area contributed by atoms with Crippen molar-refractivity contribution in [2.24, 2.45) is 5.92 Å². The molecule has 6 heteroatoms. The predicted octanol–water partition coefficient (Wildman–Crippen LogP) is 4.79. The molecule has 0 bridgehead atoms. The van der Waals surface area contributed by atoms with Gasteiger partial charge in [-0.1, -0.05) is 6.92 Å². The molecule has 0 radical (unpaired) electrons. The van der Waals surface area contributed by atoms with E-state index >= 15 is 0 Å². The van der Waals surface area contributed by atoms with E-state index in [0.717, 1.165) is 25.7 Å². The summed E-state index contributed by atoms with van der Waals surface area (Å²) in [5.74, 6) is -0.744. The quantitative estimate of drug-likeness (QED) is 0.540. The normalized spacial score (nSPS) is 27.0. The number of carbonyl (C=O) groups is 2. The van der Waals surface area contributed by atoms with E-state index in [9.17, 15) is 9.59 Å². The molecule has 0 aromatic rings. The number of hydrogen-bond donors (Lipinski definition) is 0. The summed E-state index contributed by atoms with van der Waals surface area (Å²) in [5.41, 5.74) is -0.121. The van der Waals surface area contributed by atoms with E-state index in [2.05, 4.69) is 79.3 Å². The van der Waals surface area contributed by atoms with Crippen molar-refractivity contribution in [3.05, 3.63) is 0 Å². The molecule has 2 heterocycles. The van der Waals surface area contributed by atoms with E-state index < -0.39 is 0 Å². The summed E-state index contributed by atoms with van der Waals surface area (Å²) in [6.45, 7) is 19.4. The van der Waals surface area contributed by atoms with E-state index in [1.807, 2.05) is 6.92 Å². The molecular formula is C26H48N2O4. The molecule has 0 spiro atoms. The highest BCUT2D eigenvalue weighted by molar-refractivity contribution is 5.74. The first-order chi connectivity index (χ1) is 14.4. The fourth-order valence-electron chi connectivity index (χ4n) is 5.70. The second kappa shape index (κ2) is 9.25. The van der Waals surface area contributed by atoms with E-state index in [4.69, 9.17) is 9.47 Å². The van der Waals surface area contributed by atoms with Gasteiger partial charge in [-0.25, -0.2) is 0 Å². The zero-order chi connectivity index (χ0) is 24.7. The van der Waals surface area contributed by atoms with Gasteiger partial charge in [-0.15, -0.1) is 0 Å². The van der Waals surface area contributed by atoms with Crippen molar-refractivity contribution in [1.29, 1.82) is 0 Å². The lowest BCUT2D eigenvalue weighted by Gasteiger charge is -2.53. The van der Waals surface area contributed by atoms with Gasteiger partial charge in [0.05, 0.1) is 5.92 Å². The molecular weight excluding hydrogens is 404 g/mol. The fourth-order valence-corrected chi connectivity index (χ4v) is 5.70. The van der Waals surface area contributed by atoms with Crippen molar-refractivity contribution in [1.82, 2.24) is 9.80 Å². The Morgan fingerprint density at radius 2 is 1.09 bits per heavy atom. The second-order valence-corrected chi connectivity index (χ2v) is 12.8.